The molecule has 0 fully saturated rings. The van der Waals surface area contributed by atoms with Crippen LogP contribution in [0, 0.1) is 6.92 Å². The van der Waals surface area contributed by atoms with Gasteiger partial charge in [0.1, 0.15) is 5.52 Å². The van der Waals surface area contributed by atoms with Gasteiger partial charge in [0.2, 0.25) is 5.95 Å². The third kappa shape index (κ3) is 2.94. The number of benzene rings is 1. The smallest absolute Gasteiger partial charge is 0.226 e. The second-order valence-electron chi connectivity index (χ2n) is 4.91. The summed E-state index contributed by atoms with van der Waals surface area (Å²) >= 11 is 0. The maximum absolute atomic E-state index is 4.52. The van der Waals surface area contributed by atoms with Crippen LogP contribution in [0.4, 0.5) is 17.5 Å². The average molecular weight is 282 g/mol. The van der Waals surface area contributed by atoms with Crippen molar-refractivity contribution in [3.63, 3.8) is 0 Å². The molecule has 0 saturated heterocycles. The molecule has 3 N–H and O–H groups in total. The molecule has 0 aliphatic rings. The monoisotopic (exact) mass is 282 g/mol. The summed E-state index contributed by atoms with van der Waals surface area (Å²) in [5, 5.41) is 6.51. The molecule has 1 aromatic carbocycles. The highest BCUT2D eigenvalue weighted by molar-refractivity contribution is 5.86. The van der Waals surface area contributed by atoms with Crippen molar-refractivity contribution in [2.45, 2.75) is 20.3 Å². The molecule has 3 rings (SSSR count). The van der Waals surface area contributed by atoms with Gasteiger partial charge in [-0.05, 0) is 25.5 Å². The minimum Gasteiger partial charge on any atom is -0.354 e. The fourth-order valence-corrected chi connectivity index (χ4v) is 2.01. The molecule has 0 bridgehead atoms. The zero-order valence-electron chi connectivity index (χ0n) is 12.1. The molecule has 0 atom stereocenters. The predicted octanol–water partition coefficient (Wildman–Crippen LogP) is 3.23. The van der Waals surface area contributed by atoms with Crippen LogP contribution in [0.25, 0.3) is 11.2 Å². The zero-order valence-corrected chi connectivity index (χ0v) is 12.1. The second kappa shape index (κ2) is 5.78. The van der Waals surface area contributed by atoms with Crippen LogP contribution in [0.15, 0.2) is 30.6 Å². The number of aromatic amines is 1. The van der Waals surface area contributed by atoms with Crippen LogP contribution in [-0.4, -0.2) is 26.5 Å². The van der Waals surface area contributed by atoms with Gasteiger partial charge < -0.3 is 15.6 Å². The Hall–Kier alpha value is -2.63. The standard InChI is InChI=1S/C15H18N6/c1-3-8-16-15-20-13-12(17-9-18-13)14(21-15)19-11-6-4-10(2)5-7-11/h4-7,9H,3,8H2,1-2H3,(H3,16,17,18,19,20,21). The molecule has 6 nitrogen and oxygen atoms in total. The Balaban J connectivity index is 1.95. The third-order valence-electron chi connectivity index (χ3n) is 3.13. The van der Waals surface area contributed by atoms with Gasteiger partial charge in [0, 0.05) is 12.2 Å². The highest BCUT2D eigenvalue weighted by atomic mass is 15.2. The third-order valence-corrected chi connectivity index (χ3v) is 3.13. The van der Waals surface area contributed by atoms with E-state index in [-0.39, 0.29) is 0 Å². The number of H-pyrrole nitrogens is 1. The van der Waals surface area contributed by atoms with Crippen molar-refractivity contribution in [3.05, 3.63) is 36.2 Å². The van der Waals surface area contributed by atoms with Gasteiger partial charge >= 0.3 is 0 Å². The Morgan fingerprint density at radius 2 is 1.95 bits per heavy atom. The Labute approximate surface area is 123 Å². The molecule has 0 radical (unpaired) electrons. The van der Waals surface area contributed by atoms with Crippen LogP contribution in [0.3, 0.4) is 0 Å². The molecule has 2 aromatic heterocycles. The number of rotatable bonds is 5. The normalized spacial score (nSPS) is 10.8. The number of anilines is 3. The van der Waals surface area contributed by atoms with Gasteiger partial charge in [0.25, 0.3) is 0 Å². The summed E-state index contributed by atoms with van der Waals surface area (Å²) in [6, 6.07) is 8.17. The summed E-state index contributed by atoms with van der Waals surface area (Å²) in [5.41, 5.74) is 3.66. The lowest BCUT2D eigenvalue weighted by atomic mass is 10.2. The summed E-state index contributed by atoms with van der Waals surface area (Å²) in [6.07, 6.45) is 2.64. The number of fused-ring (bicyclic) bond motifs is 1. The summed E-state index contributed by atoms with van der Waals surface area (Å²) < 4.78 is 0. The summed E-state index contributed by atoms with van der Waals surface area (Å²) in [6.45, 7) is 5.00. The van der Waals surface area contributed by atoms with E-state index < -0.39 is 0 Å². The minimum absolute atomic E-state index is 0.589. The molecular formula is C15H18N6. The number of nitrogens with one attached hydrogen (secondary N) is 3. The van der Waals surface area contributed by atoms with E-state index in [1.54, 1.807) is 6.33 Å². The van der Waals surface area contributed by atoms with E-state index in [0.717, 1.165) is 30.0 Å². The van der Waals surface area contributed by atoms with Gasteiger partial charge in [-0.1, -0.05) is 24.6 Å². The van der Waals surface area contributed by atoms with E-state index in [0.29, 0.717) is 11.6 Å². The summed E-state index contributed by atoms with van der Waals surface area (Å²) in [4.78, 5) is 16.2. The van der Waals surface area contributed by atoms with E-state index in [1.165, 1.54) is 5.56 Å². The molecule has 108 valence electrons. The van der Waals surface area contributed by atoms with Crippen LogP contribution in [0.5, 0.6) is 0 Å². The topological polar surface area (TPSA) is 78.5 Å². The van der Waals surface area contributed by atoms with Crippen LogP contribution >= 0.6 is 0 Å². The van der Waals surface area contributed by atoms with Crippen LogP contribution in [0.2, 0.25) is 0 Å². The van der Waals surface area contributed by atoms with Crippen LogP contribution < -0.4 is 10.6 Å². The molecule has 2 heterocycles. The van der Waals surface area contributed by atoms with Gasteiger partial charge in [-0.15, -0.1) is 0 Å². The van der Waals surface area contributed by atoms with Crippen molar-refractivity contribution >= 4 is 28.6 Å². The number of aryl methyl sites for hydroxylation is 1. The highest BCUT2D eigenvalue weighted by Crippen LogP contribution is 2.22. The van der Waals surface area contributed by atoms with Gasteiger partial charge in [0.05, 0.1) is 6.33 Å². The quantitative estimate of drug-likeness (QED) is 0.669. The van der Waals surface area contributed by atoms with Crippen molar-refractivity contribution < 1.29 is 0 Å². The number of hydrogen-bond donors (Lipinski definition) is 3. The molecule has 3 aromatic rings. The van der Waals surface area contributed by atoms with Crippen molar-refractivity contribution in [3.8, 4) is 0 Å². The maximum atomic E-state index is 4.52. The number of aromatic nitrogens is 4. The van der Waals surface area contributed by atoms with Gasteiger partial charge in [-0.3, -0.25) is 0 Å². The SMILES string of the molecule is CCCNc1nc(Nc2ccc(C)cc2)c2[nH]cnc2n1. The zero-order chi connectivity index (χ0) is 14.7. The fraction of sp³-hybridized carbons (Fsp3) is 0.267. The van der Waals surface area contributed by atoms with Gasteiger partial charge in [0.15, 0.2) is 11.5 Å². The van der Waals surface area contributed by atoms with E-state index in [2.05, 4.69) is 56.5 Å². The first-order chi connectivity index (χ1) is 10.3. The number of hydrogen-bond acceptors (Lipinski definition) is 5. The molecule has 0 aliphatic heterocycles. The summed E-state index contributed by atoms with van der Waals surface area (Å²) in [7, 11) is 0. The van der Waals surface area contributed by atoms with E-state index in [9.17, 15) is 0 Å². The Morgan fingerprint density at radius 3 is 2.71 bits per heavy atom. The second-order valence-corrected chi connectivity index (χ2v) is 4.91. The van der Waals surface area contributed by atoms with Crippen molar-refractivity contribution in [1.82, 2.24) is 19.9 Å². The van der Waals surface area contributed by atoms with Crippen LogP contribution in [-0.2, 0) is 0 Å². The molecular weight excluding hydrogens is 264 g/mol. The predicted molar refractivity (Wildman–Crippen MR) is 84.9 cm³/mol. The van der Waals surface area contributed by atoms with Gasteiger partial charge in [-0.25, -0.2) is 4.98 Å². The Morgan fingerprint density at radius 1 is 1.14 bits per heavy atom. The molecule has 0 spiro atoms. The Bertz CT molecular complexity index is 732. The molecule has 0 amide bonds. The van der Waals surface area contributed by atoms with Crippen molar-refractivity contribution in [2.75, 3.05) is 17.2 Å². The van der Waals surface area contributed by atoms with Gasteiger partial charge in [-0.2, -0.15) is 9.97 Å². The lowest BCUT2D eigenvalue weighted by molar-refractivity contribution is 0.956. The first-order valence-electron chi connectivity index (χ1n) is 7.05. The molecule has 0 unspecified atom stereocenters. The maximum Gasteiger partial charge on any atom is 0.226 e. The molecule has 6 heteroatoms. The van der Waals surface area contributed by atoms with E-state index >= 15 is 0 Å². The fourth-order valence-electron chi connectivity index (χ4n) is 2.01. The van der Waals surface area contributed by atoms with E-state index in [1.807, 2.05) is 12.1 Å². The van der Waals surface area contributed by atoms with Crippen LogP contribution in [0.1, 0.15) is 18.9 Å². The first-order valence-corrected chi connectivity index (χ1v) is 7.05. The summed E-state index contributed by atoms with van der Waals surface area (Å²) in [5.74, 6) is 1.31. The van der Waals surface area contributed by atoms with Crippen molar-refractivity contribution in [2.24, 2.45) is 0 Å². The average Bonchev–Trinajstić information content (AvgIpc) is 2.96. The van der Waals surface area contributed by atoms with Crippen molar-refractivity contribution in [1.29, 1.82) is 0 Å². The molecule has 0 saturated carbocycles. The molecule has 21 heavy (non-hydrogen) atoms. The largest absolute Gasteiger partial charge is 0.354 e. The number of nitrogens with zero attached hydrogens (tertiary/aromatic N) is 3. The highest BCUT2D eigenvalue weighted by Gasteiger charge is 2.09. The number of imidazole rings is 1. The lowest BCUT2D eigenvalue weighted by Crippen LogP contribution is -2.06. The lowest BCUT2D eigenvalue weighted by Gasteiger charge is -2.09. The van der Waals surface area contributed by atoms with E-state index in [4.69, 9.17) is 0 Å². The first kappa shape index (κ1) is 13.4. The molecule has 0 aliphatic carbocycles. The Kier molecular flexibility index (Phi) is 3.68. The minimum atomic E-state index is 0.589.